The molecule has 1 heterocycles. The molecular weight excluding hydrogens is 281 g/mol. The minimum Gasteiger partial charge on any atom is -0.457 e. The smallest absolute Gasteiger partial charge is 0.138 e. The van der Waals surface area contributed by atoms with E-state index in [2.05, 4.69) is 4.98 Å². The zero-order valence-corrected chi connectivity index (χ0v) is 11.5. The van der Waals surface area contributed by atoms with Crippen LogP contribution in [0, 0.1) is 0 Å². The van der Waals surface area contributed by atoms with Gasteiger partial charge in [0.1, 0.15) is 11.5 Å². The average Bonchev–Trinajstić information content (AvgIpc) is 2.40. The van der Waals surface area contributed by atoms with E-state index in [9.17, 15) is 0 Å². The fraction of sp³-hybridized carbons (Fsp3) is 0. The molecule has 0 spiro atoms. The second-order valence-electron chi connectivity index (χ2n) is 3.89. The third kappa shape index (κ3) is 2.98. The maximum absolute atomic E-state index is 5.95. The predicted octanol–water partition coefficient (Wildman–Crippen LogP) is 5.10. The highest BCUT2D eigenvalue weighted by atomic mass is 35.5. The Morgan fingerprint density at radius 3 is 2.53 bits per heavy atom. The summed E-state index contributed by atoms with van der Waals surface area (Å²) >= 11 is 5.95. The van der Waals surface area contributed by atoms with Crippen LogP contribution in [0.25, 0.3) is 10.9 Å². The Kier molecular flexibility index (Phi) is 4.25. The maximum atomic E-state index is 5.95. The number of nitrogens with zero attached hydrogens (tertiary/aromatic N) is 1. The average molecular weight is 292 g/mol. The lowest BCUT2D eigenvalue weighted by molar-refractivity contribution is 0.488. The van der Waals surface area contributed by atoms with Crippen LogP contribution in [-0.4, -0.2) is 4.98 Å². The molecule has 4 heteroatoms. The molecule has 0 bridgehead atoms. The third-order valence-corrected chi connectivity index (χ3v) is 2.87. The molecule has 0 atom stereocenters. The molecule has 0 radical (unpaired) electrons. The Morgan fingerprint density at radius 1 is 0.947 bits per heavy atom. The van der Waals surface area contributed by atoms with Crippen LogP contribution in [0.1, 0.15) is 0 Å². The highest BCUT2D eigenvalue weighted by Gasteiger charge is 2.04. The van der Waals surface area contributed by atoms with Gasteiger partial charge in [-0.25, -0.2) is 0 Å². The first-order valence-corrected chi connectivity index (χ1v) is 5.98. The number of para-hydroxylation sites is 1. The lowest BCUT2D eigenvalue weighted by Gasteiger charge is -2.08. The highest BCUT2D eigenvalue weighted by molar-refractivity contribution is 6.31. The van der Waals surface area contributed by atoms with Gasteiger partial charge in [-0.05, 0) is 36.4 Å². The minimum atomic E-state index is 0. The van der Waals surface area contributed by atoms with Crippen LogP contribution in [0.4, 0.5) is 0 Å². The number of hydrogen-bond donors (Lipinski definition) is 0. The summed E-state index contributed by atoms with van der Waals surface area (Å²) in [5.41, 5.74) is 0.830. The first-order valence-electron chi connectivity index (χ1n) is 5.60. The SMILES string of the molecule is Cl.Clc1ccc2c(Oc3ccccc3)ccnc2c1. The summed E-state index contributed by atoms with van der Waals surface area (Å²) < 4.78 is 5.85. The van der Waals surface area contributed by atoms with Crippen molar-refractivity contribution in [3.63, 3.8) is 0 Å². The summed E-state index contributed by atoms with van der Waals surface area (Å²) in [7, 11) is 0. The Bertz CT molecular complexity index is 686. The molecule has 0 aliphatic carbocycles. The Morgan fingerprint density at radius 2 is 1.74 bits per heavy atom. The zero-order chi connectivity index (χ0) is 12.4. The van der Waals surface area contributed by atoms with E-state index in [4.69, 9.17) is 16.3 Å². The molecule has 2 nitrogen and oxygen atoms in total. The van der Waals surface area contributed by atoms with Crippen LogP contribution in [0.2, 0.25) is 5.02 Å². The normalized spacial score (nSPS) is 9.95. The van der Waals surface area contributed by atoms with Crippen molar-refractivity contribution >= 4 is 34.9 Å². The van der Waals surface area contributed by atoms with Crippen LogP contribution >= 0.6 is 24.0 Å². The Balaban J connectivity index is 0.00000133. The monoisotopic (exact) mass is 291 g/mol. The second kappa shape index (κ2) is 5.91. The standard InChI is InChI=1S/C15H10ClNO.ClH/c16-11-6-7-13-14(10-11)17-9-8-15(13)18-12-4-2-1-3-5-12;/h1-10H;1H. The summed E-state index contributed by atoms with van der Waals surface area (Å²) in [5.74, 6) is 1.59. The number of fused-ring (bicyclic) bond motifs is 1. The van der Waals surface area contributed by atoms with Crippen molar-refractivity contribution in [2.24, 2.45) is 0 Å². The molecular formula is C15H11Cl2NO. The van der Waals surface area contributed by atoms with Crippen LogP contribution in [-0.2, 0) is 0 Å². The number of benzene rings is 2. The largest absolute Gasteiger partial charge is 0.457 e. The summed E-state index contributed by atoms with van der Waals surface area (Å²) in [6.07, 6.45) is 1.72. The summed E-state index contributed by atoms with van der Waals surface area (Å²) in [5, 5.41) is 1.62. The molecule has 96 valence electrons. The number of hydrogen-bond acceptors (Lipinski definition) is 2. The topological polar surface area (TPSA) is 22.1 Å². The molecule has 0 amide bonds. The van der Waals surface area contributed by atoms with Crippen LogP contribution in [0.3, 0.4) is 0 Å². The first kappa shape index (κ1) is 13.7. The van der Waals surface area contributed by atoms with E-state index in [-0.39, 0.29) is 12.4 Å². The predicted molar refractivity (Wildman–Crippen MR) is 80.5 cm³/mol. The van der Waals surface area contributed by atoms with Crippen LogP contribution in [0.15, 0.2) is 60.8 Å². The lowest BCUT2D eigenvalue weighted by Crippen LogP contribution is -1.87. The van der Waals surface area contributed by atoms with Gasteiger partial charge in [0.2, 0.25) is 0 Å². The molecule has 0 saturated carbocycles. The lowest BCUT2D eigenvalue weighted by atomic mass is 10.2. The quantitative estimate of drug-likeness (QED) is 0.655. The maximum Gasteiger partial charge on any atom is 0.138 e. The van der Waals surface area contributed by atoms with Gasteiger partial charge in [-0.3, -0.25) is 4.98 Å². The molecule has 0 N–H and O–H groups in total. The van der Waals surface area contributed by atoms with E-state index < -0.39 is 0 Å². The van der Waals surface area contributed by atoms with Crippen LogP contribution < -0.4 is 4.74 Å². The Labute approximate surface area is 122 Å². The van der Waals surface area contributed by atoms with E-state index in [1.165, 1.54) is 0 Å². The molecule has 3 aromatic rings. The molecule has 2 aromatic carbocycles. The molecule has 0 unspecified atom stereocenters. The van der Waals surface area contributed by atoms with Crippen molar-refractivity contribution in [3.8, 4) is 11.5 Å². The summed E-state index contributed by atoms with van der Waals surface area (Å²) in [4.78, 5) is 4.28. The Hall–Kier alpha value is -1.77. The van der Waals surface area contributed by atoms with Gasteiger partial charge in [0.15, 0.2) is 0 Å². The van der Waals surface area contributed by atoms with Crippen molar-refractivity contribution in [1.82, 2.24) is 4.98 Å². The number of pyridine rings is 1. The molecule has 0 aliphatic rings. The van der Waals surface area contributed by atoms with E-state index in [0.717, 1.165) is 22.4 Å². The van der Waals surface area contributed by atoms with Crippen molar-refractivity contribution < 1.29 is 4.74 Å². The molecule has 0 saturated heterocycles. The van der Waals surface area contributed by atoms with Gasteiger partial charge in [0.25, 0.3) is 0 Å². The van der Waals surface area contributed by atoms with Gasteiger partial charge in [0.05, 0.1) is 5.52 Å². The summed E-state index contributed by atoms with van der Waals surface area (Å²) in [6, 6.07) is 17.1. The zero-order valence-electron chi connectivity index (χ0n) is 9.92. The van der Waals surface area contributed by atoms with E-state index in [1.54, 1.807) is 6.20 Å². The van der Waals surface area contributed by atoms with Crippen molar-refractivity contribution in [3.05, 3.63) is 65.8 Å². The third-order valence-electron chi connectivity index (χ3n) is 2.64. The number of halogens is 2. The number of ether oxygens (including phenoxy) is 1. The van der Waals surface area contributed by atoms with Gasteiger partial charge in [-0.1, -0.05) is 29.8 Å². The first-order chi connectivity index (χ1) is 8.83. The van der Waals surface area contributed by atoms with Gasteiger partial charge in [0, 0.05) is 16.6 Å². The minimum absolute atomic E-state index is 0. The van der Waals surface area contributed by atoms with Crippen molar-refractivity contribution in [1.29, 1.82) is 0 Å². The molecule has 0 aliphatic heterocycles. The van der Waals surface area contributed by atoms with Gasteiger partial charge in [-0.2, -0.15) is 0 Å². The highest BCUT2D eigenvalue weighted by Crippen LogP contribution is 2.29. The van der Waals surface area contributed by atoms with Crippen LogP contribution in [0.5, 0.6) is 11.5 Å². The van der Waals surface area contributed by atoms with E-state index >= 15 is 0 Å². The molecule has 0 fully saturated rings. The summed E-state index contributed by atoms with van der Waals surface area (Å²) in [6.45, 7) is 0. The fourth-order valence-electron chi connectivity index (χ4n) is 1.80. The van der Waals surface area contributed by atoms with E-state index in [1.807, 2.05) is 54.6 Å². The molecule has 3 rings (SSSR count). The molecule has 1 aromatic heterocycles. The second-order valence-corrected chi connectivity index (χ2v) is 4.32. The van der Waals surface area contributed by atoms with Crippen molar-refractivity contribution in [2.45, 2.75) is 0 Å². The fourth-order valence-corrected chi connectivity index (χ4v) is 1.97. The molecule has 19 heavy (non-hydrogen) atoms. The van der Waals surface area contributed by atoms with Gasteiger partial charge >= 0.3 is 0 Å². The van der Waals surface area contributed by atoms with Gasteiger partial charge in [-0.15, -0.1) is 12.4 Å². The van der Waals surface area contributed by atoms with E-state index in [0.29, 0.717) is 5.02 Å². The van der Waals surface area contributed by atoms with Crippen molar-refractivity contribution in [2.75, 3.05) is 0 Å². The number of rotatable bonds is 2. The number of aromatic nitrogens is 1. The van der Waals surface area contributed by atoms with Gasteiger partial charge < -0.3 is 4.74 Å².